The molecular formula is C46H61N3O6. The van der Waals surface area contributed by atoms with E-state index in [0.717, 1.165) is 55.4 Å². The summed E-state index contributed by atoms with van der Waals surface area (Å²) in [4.78, 5) is 0. The molecule has 1 fully saturated rings. The summed E-state index contributed by atoms with van der Waals surface area (Å²) in [5, 5.41) is 39.8. The standard InChI is InChI=1S/C46H61N3O6/c1-11-43(5,6)49(52)37-20-24-39(25-21-37)53-38-22-18-36(19-23-38)48(51)42(47-50)45(9,10)55-41-27-17-35(31-33(41)4)46(28-14-13-15-29-46)34-16-26-40(32(3)30-34)54-44(7,8)12-2/h16-27,30-31,48-50H,11-15,28-29H2,1-10H3. The van der Waals surface area contributed by atoms with Crippen molar-refractivity contribution in [3.63, 3.8) is 0 Å². The van der Waals surface area contributed by atoms with Gasteiger partial charge in [-0.05, 0) is 145 Å². The quantitative estimate of drug-likeness (QED) is 0.0512. The maximum absolute atomic E-state index is 13.7. The van der Waals surface area contributed by atoms with Gasteiger partial charge in [0, 0.05) is 29.7 Å². The Morgan fingerprint density at radius 2 is 1.18 bits per heavy atom. The number of quaternary nitrogens is 2. The average molecular weight is 752 g/mol. The predicted molar refractivity (Wildman–Crippen MR) is 220 cm³/mol. The topological polar surface area (TPSA) is 115 Å². The minimum absolute atomic E-state index is 0.0903. The predicted octanol–water partition coefficient (Wildman–Crippen LogP) is 9.78. The van der Waals surface area contributed by atoms with Crippen LogP contribution in [0.25, 0.3) is 0 Å². The van der Waals surface area contributed by atoms with Crippen molar-refractivity contribution in [2.75, 3.05) is 0 Å². The lowest BCUT2D eigenvalue weighted by Gasteiger charge is -2.39. The highest BCUT2D eigenvalue weighted by molar-refractivity contribution is 5.84. The van der Waals surface area contributed by atoms with Gasteiger partial charge in [-0.1, -0.05) is 57.4 Å². The lowest BCUT2D eigenvalue weighted by molar-refractivity contribution is -0.835. The van der Waals surface area contributed by atoms with E-state index < -0.39 is 16.2 Å². The third-order valence-corrected chi connectivity index (χ3v) is 11.6. The number of nitrogens with zero attached hydrogens (tertiary/aromatic N) is 1. The second-order valence-corrected chi connectivity index (χ2v) is 16.9. The second-order valence-electron chi connectivity index (χ2n) is 16.9. The van der Waals surface area contributed by atoms with Crippen molar-refractivity contribution < 1.29 is 29.5 Å². The fourth-order valence-corrected chi connectivity index (χ4v) is 7.33. The summed E-state index contributed by atoms with van der Waals surface area (Å²) in [5.74, 6) is 2.52. The average Bonchev–Trinajstić information content (AvgIpc) is 3.17. The second kappa shape index (κ2) is 16.8. The number of nitrogens with one attached hydrogen (secondary N) is 2. The largest absolute Gasteiger partial charge is 0.628 e. The molecule has 0 radical (unpaired) electrons. The SMILES string of the molecule is CCC(C)(C)Oc1ccc(C2(c3ccc(OC(C)(C)C(=NO)[NH+]([O-])c4ccc(Oc5ccc([NH+]([O-])C(C)(C)CC)cc5)cc4)c(C)c3)CCCCC2)cc1C. The van der Waals surface area contributed by atoms with Crippen LogP contribution in [-0.4, -0.2) is 27.8 Å². The Kier molecular flexibility index (Phi) is 12.7. The summed E-state index contributed by atoms with van der Waals surface area (Å²) >= 11 is 0. The van der Waals surface area contributed by atoms with Crippen LogP contribution in [0.2, 0.25) is 0 Å². The van der Waals surface area contributed by atoms with Crippen molar-refractivity contribution in [3.8, 4) is 23.0 Å². The van der Waals surface area contributed by atoms with Crippen LogP contribution < -0.4 is 24.3 Å². The summed E-state index contributed by atoms with van der Waals surface area (Å²) < 4.78 is 18.9. The summed E-state index contributed by atoms with van der Waals surface area (Å²) in [6.07, 6.45) is 7.32. The fraction of sp³-hybridized carbons (Fsp3) is 0.457. The molecule has 0 amide bonds. The van der Waals surface area contributed by atoms with Crippen LogP contribution in [0.4, 0.5) is 11.4 Å². The molecule has 2 atom stereocenters. The van der Waals surface area contributed by atoms with E-state index in [0.29, 0.717) is 28.6 Å². The molecule has 9 nitrogen and oxygen atoms in total. The smallest absolute Gasteiger partial charge is 0.284 e. The molecule has 0 spiro atoms. The molecule has 1 aliphatic rings. The lowest BCUT2D eigenvalue weighted by atomic mass is 9.65. The highest BCUT2D eigenvalue weighted by Gasteiger charge is 2.39. The first-order chi connectivity index (χ1) is 25.9. The molecule has 55 heavy (non-hydrogen) atoms. The maximum atomic E-state index is 13.7. The highest BCUT2D eigenvalue weighted by atomic mass is 16.5. The molecule has 4 aromatic carbocycles. The van der Waals surface area contributed by atoms with Gasteiger partial charge in [0.05, 0.1) is 5.54 Å². The van der Waals surface area contributed by atoms with Gasteiger partial charge in [0.25, 0.3) is 5.84 Å². The van der Waals surface area contributed by atoms with E-state index in [1.165, 1.54) is 17.5 Å². The minimum Gasteiger partial charge on any atom is -0.628 e. The van der Waals surface area contributed by atoms with Gasteiger partial charge in [0.15, 0.2) is 5.60 Å². The van der Waals surface area contributed by atoms with Crippen molar-refractivity contribution in [1.29, 1.82) is 0 Å². The van der Waals surface area contributed by atoms with Crippen LogP contribution in [-0.2, 0) is 5.41 Å². The van der Waals surface area contributed by atoms with Crippen molar-refractivity contribution in [3.05, 3.63) is 118 Å². The van der Waals surface area contributed by atoms with E-state index in [-0.39, 0.29) is 21.9 Å². The number of hydrogen-bond acceptors (Lipinski definition) is 7. The Bertz CT molecular complexity index is 1930. The Morgan fingerprint density at radius 1 is 0.691 bits per heavy atom. The molecule has 1 aliphatic carbocycles. The van der Waals surface area contributed by atoms with Crippen molar-refractivity contribution in [2.24, 2.45) is 5.16 Å². The van der Waals surface area contributed by atoms with Gasteiger partial charge in [0.2, 0.25) is 0 Å². The Hall–Kier alpha value is -4.41. The van der Waals surface area contributed by atoms with Gasteiger partial charge >= 0.3 is 0 Å². The molecule has 9 heteroatoms. The maximum Gasteiger partial charge on any atom is 0.284 e. The molecule has 296 valence electrons. The monoisotopic (exact) mass is 751 g/mol. The number of hydroxylamine groups is 2. The first-order valence-electron chi connectivity index (χ1n) is 19.8. The van der Waals surface area contributed by atoms with E-state index in [1.807, 2.05) is 33.8 Å². The molecule has 0 saturated heterocycles. The van der Waals surface area contributed by atoms with Gasteiger partial charge < -0.3 is 34.9 Å². The lowest BCUT2D eigenvalue weighted by Crippen LogP contribution is -3.10. The van der Waals surface area contributed by atoms with E-state index >= 15 is 0 Å². The van der Waals surface area contributed by atoms with E-state index in [4.69, 9.17) is 14.2 Å². The number of hydrogen-bond donors (Lipinski definition) is 3. The summed E-state index contributed by atoms with van der Waals surface area (Å²) in [6.45, 7) is 19.9. The van der Waals surface area contributed by atoms with Gasteiger partial charge in [0.1, 0.15) is 40.0 Å². The number of aryl methyl sites for hydroxylation is 2. The third-order valence-electron chi connectivity index (χ3n) is 11.6. The van der Waals surface area contributed by atoms with E-state index in [9.17, 15) is 15.6 Å². The van der Waals surface area contributed by atoms with Gasteiger partial charge in [-0.2, -0.15) is 0 Å². The van der Waals surface area contributed by atoms with Crippen molar-refractivity contribution in [2.45, 2.75) is 136 Å². The number of benzene rings is 4. The fourth-order valence-electron chi connectivity index (χ4n) is 7.33. The number of ether oxygens (including phenoxy) is 3. The molecular weight excluding hydrogens is 691 g/mol. The van der Waals surface area contributed by atoms with Crippen molar-refractivity contribution >= 4 is 17.2 Å². The zero-order valence-electron chi connectivity index (χ0n) is 34.5. The van der Waals surface area contributed by atoms with Crippen molar-refractivity contribution in [1.82, 2.24) is 0 Å². The molecule has 2 unspecified atom stereocenters. The van der Waals surface area contributed by atoms with Crippen LogP contribution in [0.1, 0.15) is 123 Å². The molecule has 1 saturated carbocycles. The molecule has 4 aromatic rings. The summed E-state index contributed by atoms with van der Waals surface area (Å²) in [5.41, 5.74) is 3.56. The van der Waals surface area contributed by atoms with Crippen LogP contribution >= 0.6 is 0 Å². The Morgan fingerprint density at radius 3 is 1.64 bits per heavy atom. The normalized spacial score (nSPS) is 16.3. The van der Waals surface area contributed by atoms with E-state index in [2.05, 4.69) is 63.2 Å². The molecule has 0 bridgehead atoms. The van der Waals surface area contributed by atoms with Crippen LogP contribution in [0.15, 0.2) is 90.1 Å². The highest BCUT2D eigenvalue weighted by Crippen LogP contribution is 2.47. The van der Waals surface area contributed by atoms with Crippen LogP contribution in [0.5, 0.6) is 23.0 Å². The Balaban J connectivity index is 1.30. The van der Waals surface area contributed by atoms with Gasteiger partial charge in [-0.25, -0.2) is 0 Å². The zero-order valence-corrected chi connectivity index (χ0v) is 34.5. The number of oxime groups is 1. The zero-order chi connectivity index (χ0) is 40.2. The molecule has 0 aliphatic heterocycles. The molecule has 0 heterocycles. The third kappa shape index (κ3) is 9.35. The number of amidine groups is 1. The molecule has 0 aromatic heterocycles. The van der Waals surface area contributed by atoms with E-state index in [1.54, 1.807) is 62.4 Å². The molecule has 3 N–H and O–H groups in total. The van der Waals surface area contributed by atoms with Crippen LogP contribution in [0.3, 0.4) is 0 Å². The minimum atomic E-state index is -1.25. The first-order valence-corrected chi connectivity index (χ1v) is 19.8. The Labute approximate surface area is 328 Å². The summed E-state index contributed by atoms with van der Waals surface area (Å²) in [7, 11) is 0. The van der Waals surface area contributed by atoms with Gasteiger partial charge in [-0.15, -0.1) is 0 Å². The molecule has 5 rings (SSSR count). The summed E-state index contributed by atoms with van der Waals surface area (Å²) in [6, 6.07) is 26.7. The van der Waals surface area contributed by atoms with Gasteiger partial charge in [-0.3, -0.25) is 5.06 Å². The van der Waals surface area contributed by atoms with Crippen LogP contribution in [0, 0.1) is 24.3 Å². The first kappa shape index (κ1) is 41.7. The number of rotatable bonds is 14.